The van der Waals surface area contributed by atoms with Gasteiger partial charge in [-0.15, -0.1) is 0 Å². The van der Waals surface area contributed by atoms with Crippen LogP contribution in [0.5, 0.6) is 0 Å². The Morgan fingerprint density at radius 3 is 2.69 bits per heavy atom. The molecule has 3 heteroatoms. The molecule has 0 amide bonds. The highest BCUT2D eigenvalue weighted by Gasteiger charge is 2.33. The van der Waals surface area contributed by atoms with E-state index in [1.54, 1.807) is 0 Å². The minimum absolute atomic E-state index is 0.189. The Hall–Kier alpha value is -1.22. The maximum Gasteiger partial charge on any atom is 0.141 e. The van der Waals surface area contributed by atoms with E-state index >= 15 is 0 Å². The maximum absolute atomic E-state index is 11.7. The standard InChI is InChI=1S/C13H18N2O/c1-13(2)10-15(8-5-12(13)16)9-11-3-6-14-7-4-11/h3-4,6-7H,5,8-10H2,1-2H3. The summed E-state index contributed by atoms with van der Waals surface area (Å²) >= 11 is 0. The van der Waals surface area contributed by atoms with Gasteiger partial charge in [0.15, 0.2) is 0 Å². The average molecular weight is 218 g/mol. The van der Waals surface area contributed by atoms with E-state index in [1.807, 2.05) is 38.4 Å². The summed E-state index contributed by atoms with van der Waals surface area (Å²) in [6, 6.07) is 4.06. The summed E-state index contributed by atoms with van der Waals surface area (Å²) in [6.07, 6.45) is 4.31. The largest absolute Gasteiger partial charge is 0.299 e. The number of carbonyl (C=O) groups excluding carboxylic acids is 1. The summed E-state index contributed by atoms with van der Waals surface area (Å²) in [5.41, 5.74) is 1.07. The number of Topliss-reactive ketones (excluding diaryl/α,β-unsaturated/α-hetero) is 1. The number of ketones is 1. The molecule has 1 aromatic heterocycles. The Balaban J connectivity index is 2.00. The van der Waals surface area contributed by atoms with Crippen molar-refractivity contribution < 1.29 is 4.79 Å². The van der Waals surface area contributed by atoms with Gasteiger partial charge in [0.1, 0.15) is 5.78 Å². The van der Waals surface area contributed by atoms with Crippen molar-refractivity contribution in [2.24, 2.45) is 5.41 Å². The smallest absolute Gasteiger partial charge is 0.141 e. The fourth-order valence-corrected chi connectivity index (χ4v) is 2.21. The second-order valence-electron chi connectivity index (χ2n) is 5.12. The van der Waals surface area contributed by atoms with Crippen molar-refractivity contribution in [3.63, 3.8) is 0 Å². The van der Waals surface area contributed by atoms with Crippen LogP contribution in [-0.4, -0.2) is 28.8 Å². The van der Waals surface area contributed by atoms with Crippen molar-refractivity contribution >= 4 is 5.78 Å². The van der Waals surface area contributed by atoms with E-state index < -0.39 is 0 Å². The summed E-state index contributed by atoms with van der Waals surface area (Å²) in [5.74, 6) is 0.387. The number of hydrogen-bond acceptors (Lipinski definition) is 3. The number of pyridine rings is 1. The van der Waals surface area contributed by atoms with Crippen LogP contribution < -0.4 is 0 Å². The molecule has 0 saturated carbocycles. The van der Waals surface area contributed by atoms with Crippen LogP contribution >= 0.6 is 0 Å². The number of rotatable bonds is 2. The zero-order chi connectivity index (χ0) is 11.6. The number of hydrogen-bond donors (Lipinski definition) is 0. The molecule has 0 aromatic carbocycles. The summed E-state index contributed by atoms with van der Waals surface area (Å²) in [4.78, 5) is 18.0. The fraction of sp³-hybridized carbons (Fsp3) is 0.538. The predicted molar refractivity (Wildman–Crippen MR) is 62.9 cm³/mol. The van der Waals surface area contributed by atoms with Gasteiger partial charge in [-0.2, -0.15) is 0 Å². The van der Waals surface area contributed by atoms with Crippen molar-refractivity contribution in [2.75, 3.05) is 13.1 Å². The van der Waals surface area contributed by atoms with Crippen LogP contribution in [0, 0.1) is 5.41 Å². The van der Waals surface area contributed by atoms with Crippen LogP contribution in [-0.2, 0) is 11.3 Å². The molecule has 0 spiro atoms. The lowest BCUT2D eigenvalue weighted by Crippen LogP contribution is -2.45. The minimum atomic E-state index is -0.189. The fourth-order valence-electron chi connectivity index (χ4n) is 2.21. The van der Waals surface area contributed by atoms with Gasteiger partial charge in [-0.05, 0) is 17.7 Å². The van der Waals surface area contributed by atoms with Crippen molar-refractivity contribution in [3.8, 4) is 0 Å². The van der Waals surface area contributed by atoms with Crippen LogP contribution in [0.4, 0.5) is 0 Å². The second-order valence-corrected chi connectivity index (χ2v) is 5.12. The minimum Gasteiger partial charge on any atom is -0.299 e. The Morgan fingerprint density at radius 2 is 2.06 bits per heavy atom. The lowest BCUT2D eigenvalue weighted by atomic mass is 9.82. The SMILES string of the molecule is CC1(C)CN(Cc2ccncc2)CCC1=O. The van der Waals surface area contributed by atoms with Gasteiger partial charge in [-0.3, -0.25) is 14.7 Å². The monoisotopic (exact) mass is 218 g/mol. The summed E-state index contributed by atoms with van der Waals surface area (Å²) in [6.45, 7) is 6.72. The highest BCUT2D eigenvalue weighted by Crippen LogP contribution is 2.26. The van der Waals surface area contributed by atoms with E-state index in [0.717, 1.165) is 19.6 Å². The molecule has 1 saturated heterocycles. The lowest BCUT2D eigenvalue weighted by Gasteiger charge is -2.36. The van der Waals surface area contributed by atoms with Crippen molar-refractivity contribution in [1.82, 2.24) is 9.88 Å². The van der Waals surface area contributed by atoms with Gasteiger partial charge in [0.25, 0.3) is 0 Å². The molecule has 1 aromatic rings. The molecule has 0 radical (unpaired) electrons. The molecule has 86 valence electrons. The first-order valence-electron chi connectivity index (χ1n) is 5.72. The maximum atomic E-state index is 11.7. The summed E-state index contributed by atoms with van der Waals surface area (Å²) in [7, 11) is 0. The van der Waals surface area contributed by atoms with E-state index in [0.29, 0.717) is 12.2 Å². The first-order valence-corrected chi connectivity index (χ1v) is 5.72. The van der Waals surface area contributed by atoms with Gasteiger partial charge < -0.3 is 0 Å². The first kappa shape index (κ1) is 11.3. The van der Waals surface area contributed by atoms with Gasteiger partial charge >= 0.3 is 0 Å². The van der Waals surface area contributed by atoms with E-state index in [9.17, 15) is 4.79 Å². The van der Waals surface area contributed by atoms with Crippen LogP contribution in [0.3, 0.4) is 0 Å². The van der Waals surface area contributed by atoms with Gasteiger partial charge in [-0.1, -0.05) is 13.8 Å². The molecular weight excluding hydrogens is 200 g/mol. The first-order chi connectivity index (χ1) is 7.58. The Bertz CT molecular complexity index is 373. The van der Waals surface area contributed by atoms with E-state index in [1.165, 1.54) is 5.56 Å². The molecule has 1 fully saturated rings. The zero-order valence-corrected chi connectivity index (χ0v) is 9.94. The number of likely N-dealkylation sites (tertiary alicyclic amines) is 1. The highest BCUT2D eigenvalue weighted by atomic mass is 16.1. The Kier molecular flexibility index (Phi) is 3.06. The molecule has 2 rings (SSSR count). The van der Waals surface area contributed by atoms with Crippen molar-refractivity contribution in [3.05, 3.63) is 30.1 Å². The number of carbonyl (C=O) groups is 1. The van der Waals surface area contributed by atoms with E-state index in [2.05, 4.69) is 9.88 Å². The van der Waals surface area contributed by atoms with Crippen LogP contribution in [0.1, 0.15) is 25.8 Å². The molecule has 16 heavy (non-hydrogen) atoms. The topological polar surface area (TPSA) is 33.2 Å². The average Bonchev–Trinajstić information content (AvgIpc) is 2.25. The third-order valence-electron chi connectivity index (χ3n) is 3.18. The zero-order valence-electron chi connectivity index (χ0n) is 9.94. The molecule has 0 unspecified atom stereocenters. The molecule has 0 atom stereocenters. The molecule has 1 aliphatic heterocycles. The second kappa shape index (κ2) is 4.34. The highest BCUT2D eigenvalue weighted by molar-refractivity contribution is 5.85. The quantitative estimate of drug-likeness (QED) is 0.760. The van der Waals surface area contributed by atoms with E-state index in [4.69, 9.17) is 0 Å². The number of piperidine rings is 1. The van der Waals surface area contributed by atoms with Gasteiger partial charge in [0.2, 0.25) is 0 Å². The predicted octanol–water partition coefficient (Wildman–Crippen LogP) is 1.88. The molecule has 0 N–H and O–H groups in total. The van der Waals surface area contributed by atoms with Gasteiger partial charge in [-0.25, -0.2) is 0 Å². The van der Waals surface area contributed by atoms with Crippen molar-refractivity contribution in [2.45, 2.75) is 26.8 Å². The van der Waals surface area contributed by atoms with E-state index in [-0.39, 0.29) is 5.41 Å². The molecule has 0 bridgehead atoms. The summed E-state index contributed by atoms with van der Waals surface area (Å²) in [5, 5.41) is 0. The molecule has 1 aliphatic rings. The Labute approximate surface area is 96.5 Å². The third-order valence-corrected chi connectivity index (χ3v) is 3.18. The number of aromatic nitrogens is 1. The van der Waals surface area contributed by atoms with Crippen LogP contribution in [0.15, 0.2) is 24.5 Å². The van der Waals surface area contributed by atoms with Crippen LogP contribution in [0.2, 0.25) is 0 Å². The molecule has 2 heterocycles. The number of nitrogens with zero attached hydrogens (tertiary/aromatic N) is 2. The third kappa shape index (κ3) is 2.47. The molecule has 3 nitrogen and oxygen atoms in total. The van der Waals surface area contributed by atoms with Crippen LogP contribution in [0.25, 0.3) is 0 Å². The summed E-state index contributed by atoms with van der Waals surface area (Å²) < 4.78 is 0. The molecule has 0 aliphatic carbocycles. The Morgan fingerprint density at radius 1 is 1.38 bits per heavy atom. The van der Waals surface area contributed by atoms with Gasteiger partial charge in [0, 0.05) is 43.9 Å². The van der Waals surface area contributed by atoms with Gasteiger partial charge in [0.05, 0.1) is 0 Å². The molecular formula is C13H18N2O. The lowest BCUT2D eigenvalue weighted by molar-refractivity contribution is -0.131. The normalized spacial score (nSPS) is 21.0. The van der Waals surface area contributed by atoms with Crippen molar-refractivity contribution in [1.29, 1.82) is 0 Å².